The van der Waals surface area contributed by atoms with E-state index >= 15 is 0 Å². The highest BCUT2D eigenvalue weighted by Crippen LogP contribution is 2.32. The van der Waals surface area contributed by atoms with Crippen molar-refractivity contribution in [3.05, 3.63) is 21.4 Å². The standard InChI is InChI=1S/C15H21NO3S/c1-3-4-12(15(18)19)16-14(17)11-8-20-13-7-9(2)5-6-10(11)13/h8-9,12H,3-7H2,1-2H3,(H,16,17)(H,18,19)/t9?,12-/m1/s1. The minimum atomic E-state index is -0.960. The summed E-state index contributed by atoms with van der Waals surface area (Å²) in [5.74, 6) is -0.528. The number of carbonyl (C=O) groups excluding carboxylic acids is 1. The topological polar surface area (TPSA) is 66.4 Å². The number of amides is 1. The van der Waals surface area contributed by atoms with E-state index in [9.17, 15) is 9.59 Å². The summed E-state index contributed by atoms with van der Waals surface area (Å²) in [5.41, 5.74) is 1.81. The Morgan fingerprint density at radius 1 is 1.55 bits per heavy atom. The van der Waals surface area contributed by atoms with Crippen LogP contribution < -0.4 is 5.32 Å². The van der Waals surface area contributed by atoms with Gasteiger partial charge in [-0.1, -0.05) is 20.3 Å². The van der Waals surface area contributed by atoms with E-state index in [0.717, 1.165) is 31.2 Å². The molecule has 1 aliphatic carbocycles. The Hall–Kier alpha value is -1.36. The maximum absolute atomic E-state index is 12.3. The number of carboxylic acid groups (broad SMARTS) is 1. The normalized spacial score (nSPS) is 19.2. The molecule has 0 saturated heterocycles. The second-order valence-electron chi connectivity index (χ2n) is 5.55. The van der Waals surface area contributed by atoms with Gasteiger partial charge in [-0.25, -0.2) is 4.79 Å². The van der Waals surface area contributed by atoms with E-state index in [4.69, 9.17) is 5.11 Å². The van der Waals surface area contributed by atoms with E-state index in [0.29, 0.717) is 17.9 Å². The maximum Gasteiger partial charge on any atom is 0.326 e. The van der Waals surface area contributed by atoms with Crippen LogP contribution in [0.3, 0.4) is 0 Å². The Labute approximate surface area is 123 Å². The van der Waals surface area contributed by atoms with Crippen LogP contribution in [0.4, 0.5) is 0 Å². The minimum absolute atomic E-state index is 0.238. The van der Waals surface area contributed by atoms with Crippen molar-refractivity contribution in [2.45, 2.75) is 52.0 Å². The Morgan fingerprint density at radius 3 is 2.95 bits per heavy atom. The molecule has 1 aromatic rings. The first-order valence-electron chi connectivity index (χ1n) is 7.15. The van der Waals surface area contributed by atoms with Crippen molar-refractivity contribution in [2.24, 2.45) is 5.92 Å². The van der Waals surface area contributed by atoms with Crippen molar-refractivity contribution in [3.63, 3.8) is 0 Å². The lowest BCUT2D eigenvalue weighted by Gasteiger charge is -2.19. The zero-order chi connectivity index (χ0) is 14.7. The molecule has 0 radical (unpaired) electrons. The third kappa shape index (κ3) is 3.20. The second-order valence-corrected chi connectivity index (χ2v) is 6.52. The first-order valence-corrected chi connectivity index (χ1v) is 8.03. The molecule has 5 heteroatoms. The molecule has 1 aliphatic rings. The molecule has 0 bridgehead atoms. The highest BCUT2D eigenvalue weighted by molar-refractivity contribution is 7.10. The van der Waals surface area contributed by atoms with Crippen LogP contribution in [0.1, 0.15) is 53.9 Å². The van der Waals surface area contributed by atoms with Gasteiger partial charge in [0.25, 0.3) is 5.91 Å². The molecule has 1 heterocycles. The number of hydrogen-bond donors (Lipinski definition) is 2. The Morgan fingerprint density at radius 2 is 2.30 bits per heavy atom. The first-order chi connectivity index (χ1) is 9.52. The lowest BCUT2D eigenvalue weighted by atomic mass is 9.88. The average molecular weight is 295 g/mol. The molecule has 4 nitrogen and oxygen atoms in total. The van der Waals surface area contributed by atoms with E-state index in [1.165, 1.54) is 4.88 Å². The molecule has 2 rings (SSSR count). The monoisotopic (exact) mass is 295 g/mol. The van der Waals surface area contributed by atoms with Crippen LogP contribution in [0.25, 0.3) is 0 Å². The van der Waals surface area contributed by atoms with E-state index in [-0.39, 0.29) is 5.91 Å². The third-order valence-electron chi connectivity index (χ3n) is 3.83. The van der Waals surface area contributed by atoms with E-state index in [2.05, 4.69) is 12.2 Å². The predicted molar refractivity (Wildman–Crippen MR) is 79.3 cm³/mol. The van der Waals surface area contributed by atoms with Crippen LogP contribution in [0.5, 0.6) is 0 Å². The SMILES string of the molecule is CCC[C@@H](NC(=O)c1csc2c1CCC(C)C2)C(=O)O. The summed E-state index contributed by atoms with van der Waals surface area (Å²) < 4.78 is 0. The van der Waals surface area contributed by atoms with Gasteiger partial charge in [0.2, 0.25) is 0 Å². The maximum atomic E-state index is 12.3. The van der Waals surface area contributed by atoms with Crippen molar-refractivity contribution in [2.75, 3.05) is 0 Å². The number of nitrogens with one attached hydrogen (secondary N) is 1. The molecule has 0 aromatic carbocycles. The van der Waals surface area contributed by atoms with Crippen molar-refractivity contribution < 1.29 is 14.7 Å². The molecule has 110 valence electrons. The van der Waals surface area contributed by atoms with Gasteiger partial charge in [-0.05, 0) is 37.2 Å². The number of carboxylic acids is 1. The summed E-state index contributed by atoms with van der Waals surface area (Å²) in [5, 5.41) is 13.6. The molecule has 1 aromatic heterocycles. The number of aliphatic carboxylic acids is 1. The van der Waals surface area contributed by atoms with Gasteiger partial charge in [0.1, 0.15) is 6.04 Å². The Kier molecular flexibility index (Phi) is 4.81. The highest BCUT2D eigenvalue weighted by Gasteiger charge is 2.25. The fraction of sp³-hybridized carbons (Fsp3) is 0.600. The van der Waals surface area contributed by atoms with Crippen LogP contribution in [-0.2, 0) is 17.6 Å². The predicted octanol–water partition coefficient (Wildman–Crippen LogP) is 2.86. The molecule has 2 atom stereocenters. The summed E-state index contributed by atoms with van der Waals surface area (Å²) in [6.07, 6.45) is 4.25. The molecular formula is C15H21NO3S. The van der Waals surface area contributed by atoms with Gasteiger partial charge in [-0.2, -0.15) is 0 Å². The van der Waals surface area contributed by atoms with Gasteiger partial charge in [0.05, 0.1) is 5.56 Å². The molecular weight excluding hydrogens is 274 g/mol. The number of rotatable bonds is 5. The number of thiophene rings is 1. The van der Waals surface area contributed by atoms with Crippen LogP contribution in [0.15, 0.2) is 5.38 Å². The van der Waals surface area contributed by atoms with Gasteiger partial charge in [-0.3, -0.25) is 4.79 Å². The molecule has 0 spiro atoms. The highest BCUT2D eigenvalue weighted by atomic mass is 32.1. The minimum Gasteiger partial charge on any atom is -0.480 e. The van der Waals surface area contributed by atoms with Crippen LogP contribution in [-0.4, -0.2) is 23.0 Å². The van der Waals surface area contributed by atoms with Crippen LogP contribution in [0, 0.1) is 5.92 Å². The molecule has 0 aliphatic heterocycles. The first kappa shape index (κ1) is 15.0. The molecule has 1 unspecified atom stereocenters. The zero-order valence-corrected chi connectivity index (χ0v) is 12.8. The smallest absolute Gasteiger partial charge is 0.326 e. The summed E-state index contributed by atoms with van der Waals surface area (Å²) in [4.78, 5) is 24.7. The van der Waals surface area contributed by atoms with Gasteiger partial charge in [-0.15, -0.1) is 11.3 Å². The van der Waals surface area contributed by atoms with Crippen LogP contribution >= 0.6 is 11.3 Å². The molecule has 2 N–H and O–H groups in total. The largest absolute Gasteiger partial charge is 0.480 e. The summed E-state index contributed by atoms with van der Waals surface area (Å²) >= 11 is 1.62. The molecule has 0 fully saturated rings. The molecule has 1 amide bonds. The van der Waals surface area contributed by atoms with Gasteiger partial charge in [0.15, 0.2) is 0 Å². The number of carbonyl (C=O) groups is 2. The van der Waals surface area contributed by atoms with Gasteiger partial charge in [0, 0.05) is 10.3 Å². The lowest BCUT2D eigenvalue weighted by Crippen LogP contribution is -2.40. The van der Waals surface area contributed by atoms with Gasteiger partial charge >= 0.3 is 5.97 Å². The van der Waals surface area contributed by atoms with Crippen molar-refractivity contribution in [1.29, 1.82) is 0 Å². The average Bonchev–Trinajstić information content (AvgIpc) is 2.80. The number of hydrogen-bond acceptors (Lipinski definition) is 3. The second kappa shape index (κ2) is 6.39. The Balaban J connectivity index is 2.12. The van der Waals surface area contributed by atoms with E-state index in [1.54, 1.807) is 11.3 Å². The van der Waals surface area contributed by atoms with Crippen molar-refractivity contribution in [3.8, 4) is 0 Å². The van der Waals surface area contributed by atoms with Crippen molar-refractivity contribution in [1.82, 2.24) is 5.32 Å². The zero-order valence-electron chi connectivity index (χ0n) is 11.9. The fourth-order valence-electron chi connectivity index (χ4n) is 2.65. The van der Waals surface area contributed by atoms with E-state index < -0.39 is 12.0 Å². The third-order valence-corrected chi connectivity index (χ3v) is 4.88. The molecule has 20 heavy (non-hydrogen) atoms. The fourth-order valence-corrected chi connectivity index (χ4v) is 3.89. The van der Waals surface area contributed by atoms with E-state index in [1.807, 2.05) is 12.3 Å². The summed E-state index contributed by atoms with van der Waals surface area (Å²) in [6.45, 7) is 4.14. The van der Waals surface area contributed by atoms with Crippen molar-refractivity contribution >= 4 is 23.2 Å². The Bertz CT molecular complexity index is 509. The number of fused-ring (bicyclic) bond motifs is 1. The molecule has 0 saturated carbocycles. The lowest BCUT2D eigenvalue weighted by molar-refractivity contribution is -0.139. The van der Waals surface area contributed by atoms with Gasteiger partial charge < -0.3 is 10.4 Å². The van der Waals surface area contributed by atoms with Crippen LogP contribution in [0.2, 0.25) is 0 Å². The summed E-state index contributed by atoms with van der Waals surface area (Å²) in [7, 11) is 0. The quantitative estimate of drug-likeness (QED) is 0.878. The summed E-state index contributed by atoms with van der Waals surface area (Å²) in [6, 6.07) is -0.787.